The molecule has 1 heterocycles. The molecule has 0 bridgehead atoms. The minimum atomic E-state index is -0.0936. The Labute approximate surface area is 192 Å². The number of methoxy groups -OCH3 is 1. The summed E-state index contributed by atoms with van der Waals surface area (Å²) in [7, 11) is 1.53. The molecule has 1 aromatic carbocycles. The molecule has 3 rings (SSSR count). The molecule has 1 aromatic heterocycles. The molecule has 1 fully saturated rings. The number of rotatable bonds is 10. The third-order valence-corrected chi connectivity index (χ3v) is 6.30. The van der Waals surface area contributed by atoms with E-state index in [4.69, 9.17) is 4.74 Å². The van der Waals surface area contributed by atoms with Crippen LogP contribution in [0.15, 0.2) is 48.7 Å². The lowest BCUT2D eigenvalue weighted by atomic mass is 9.94. The first-order valence-electron chi connectivity index (χ1n) is 11.8. The fourth-order valence-electron chi connectivity index (χ4n) is 4.52. The molecule has 0 N–H and O–H groups in total. The van der Waals surface area contributed by atoms with Gasteiger partial charge in [-0.15, -0.1) is 0 Å². The molecule has 0 spiro atoms. The van der Waals surface area contributed by atoms with Crippen molar-refractivity contribution in [1.82, 2.24) is 14.4 Å². The molecular weight excluding hydrogens is 402 g/mol. The molecule has 1 aliphatic carbocycles. The largest absolute Gasteiger partial charge is 0.375 e. The van der Waals surface area contributed by atoms with Crippen molar-refractivity contribution < 1.29 is 14.3 Å². The van der Waals surface area contributed by atoms with Crippen molar-refractivity contribution in [3.05, 3.63) is 59.9 Å². The average molecular weight is 440 g/mol. The highest BCUT2D eigenvalue weighted by Gasteiger charge is 2.29. The number of nitrogens with zero attached hydrogens (tertiary/aromatic N) is 3. The van der Waals surface area contributed by atoms with Crippen LogP contribution in [-0.4, -0.2) is 58.5 Å². The highest BCUT2D eigenvalue weighted by Crippen LogP contribution is 2.23. The zero-order valence-electron chi connectivity index (χ0n) is 19.7. The summed E-state index contributed by atoms with van der Waals surface area (Å²) in [5, 5.41) is 0. The van der Waals surface area contributed by atoms with Crippen LogP contribution in [0.25, 0.3) is 0 Å². The van der Waals surface area contributed by atoms with Gasteiger partial charge in [0.1, 0.15) is 13.2 Å². The minimum Gasteiger partial charge on any atom is -0.375 e. The van der Waals surface area contributed by atoms with Crippen LogP contribution in [0.5, 0.6) is 0 Å². The number of benzene rings is 1. The Bertz CT molecular complexity index is 856. The molecular formula is C26H37N3O3. The lowest BCUT2D eigenvalue weighted by Crippen LogP contribution is -2.50. The van der Waals surface area contributed by atoms with Gasteiger partial charge < -0.3 is 19.1 Å². The van der Waals surface area contributed by atoms with E-state index in [1.807, 2.05) is 43.0 Å². The van der Waals surface area contributed by atoms with E-state index in [-0.39, 0.29) is 37.0 Å². The molecule has 174 valence electrons. The van der Waals surface area contributed by atoms with E-state index in [0.717, 1.165) is 37.9 Å². The Morgan fingerprint density at radius 1 is 1.03 bits per heavy atom. The Hall–Kier alpha value is -2.60. The predicted molar refractivity (Wildman–Crippen MR) is 126 cm³/mol. The van der Waals surface area contributed by atoms with Gasteiger partial charge in [0.2, 0.25) is 11.8 Å². The van der Waals surface area contributed by atoms with E-state index >= 15 is 0 Å². The van der Waals surface area contributed by atoms with Gasteiger partial charge in [-0.05, 0) is 44.4 Å². The summed E-state index contributed by atoms with van der Waals surface area (Å²) in [6.07, 6.45) is 7.40. The van der Waals surface area contributed by atoms with Crippen LogP contribution < -0.4 is 0 Å². The van der Waals surface area contributed by atoms with Gasteiger partial charge in [-0.25, -0.2) is 0 Å². The maximum absolute atomic E-state index is 13.4. The smallest absolute Gasteiger partial charge is 0.249 e. The molecule has 32 heavy (non-hydrogen) atoms. The maximum Gasteiger partial charge on any atom is 0.249 e. The van der Waals surface area contributed by atoms with Crippen LogP contribution in [-0.2, 0) is 27.4 Å². The van der Waals surface area contributed by atoms with Gasteiger partial charge >= 0.3 is 0 Å². The number of amides is 2. The van der Waals surface area contributed by atoms with Crippen molar-refractivity contribution in [2.24, 2.45) is 0 Å². The monoisotopic (exact) mass is 439 g/mol. The predicted octanol–water partition coefficient (Wildman–Crippen LogP) is 4.08. The summed E-state index contributed by atoms with van der Waals surface area (Å²) >= 11 is 0. The second kappa shape index (κ2) is 11.9. The van der Waals surface area contributed by atoms with Crippen molar-refractivity contribution in [1.29, 1.82) is 0 Å². The number of carbonyl (C=O) groups is 2. The molecule has 6 heteroatoms. The van der Waals surface area contributed by atoms with Crippen molar-refractivity contribution >= 4 is 11.8 Å². The van der Waals surface area contributed by atoms with E-state index in [1.54, 1.807) is 4.90 Å². The van der Waals surface area contributed by atoms with E-state index in [9.17, 15) is 9.59 Å². The van der Waals surface area contributed by atoms with E-state index < -0.39 is 0 Å². The number of aromatic nitrogens is 1. The molecule has 0 saturated heterocycles. The number of ether oxygens (including phenoxy) is 1. The first-order chi connectivity index (χ1) is 15.5. The van der Waals surface area contributed by atoms with Crippen molar-refractivity contribution in [2.75, 3.05) is 20.3 Å². The Balaban J connectivity index is 1.72. The van der Waals surface area contributed by atoms with Crippen LogP contribution >= 0.6 is 0 Å². The molecule has 2 amide bonds. The number of carbonyl (C=O) groups excluding carboxylic acids is 2. The highest BCUT2D eigenvalue weighted by molar-refractivity contribution is 5.85. The average Bonchev–Trinajstić information content (AvgIpc) is 3.23. The highest BCUT2D eigenvalue weighted by atomic mass is 16.5. The summed E-state index contributed by atoms with van der Waals surface area (Å²) in [6.45, 7) is 5.49. The standard InChI is InChI=1S/C26H37N3O3/c1-21(2)28(18-24-15-10-16-27(24)17-22-11-6-4-7-12-22)25(30)19-29(26(31)20-32-3)23-13-8-5-9-14-23/h4,6-7,10-12,15-16,21,23H,5,8-9,13-14,17-20H2,1-3H3. The van der Waals surface area contributed by atoms with Gasteiger partial charge in [0.15, 0.2) is 0 Å². The van der Waals surface area contributed by atoms with Gasteiger partial charge in [0.25, 0.3) is 0 Å². The summed E-state index contributed by atoms with van der Waals surface area (Å²) < 4.78 is 7.29. The Morgan fingerprint density at radius 2 is 1.75 bits per heavy atom. The SMILES string of the molecule is COCC(=O)N(CC(=O)N(Cc1cccn1Cc1ccccc1)C(C)C)C1CCCCC1. The van der Waals surface area contributed by atoms with E-state index in [2.05, 4.69) is 29.0 Å². The lowest BCUT2D eigenvalue weighted by Gasteiger charge is -2.36. The molecule has 0 unspecified atom stereocenters. The zero-order chi connectivity index (χ0) is 22.9. The lowest BCUT2D eigenvalue weighted by molar-refractivity contribution is -0.146. The normalized spacial score (nSPS) is 14.5. The van der Waals surface area contributed by atoms with Crippen molar-refractivity contribution in [3.8, 4) is 0 Å². The Kier molecular flexibility index (Phi) is 8.91. The Morgan fingerprint density at radius 3 is 2.41 bits per heavy atom. The van der Waals surface area contributed by atoms with Crippen LogP contribution in [0.3, 0.4) is 0 Å². The second-order valence-corrected chi connectivity index (χ2v) is 8.97. The van der Waals surface area contributed by atoms with Gasteiger partial charge in [-0.3, -0.25) is 9.59 Å². The fourth-order valence-corrected chi connectivity index (χ4v) is 4.52. The quantitative estimate of drug-likeness (QED) is 0.561. The van der Waals surface area contributed by atoms with Gasteiger partial charge in [0.05, 0.1) is 6.54 Å². The van der Waals surface area contributed by atoms with Gasteiger partial charge in [0, 0.05) is 37.6 Å². The maximum atomic E-state index is 13.4. The summed E-state index contributed by atoms with van der Waals surface area (Å²) in [6, 6.07) is 14.6. The number of hydrogen-bond donors (Lipinski definition) is 0. The number of hydrogen-bond acceptors (Lipinski definition) is 3. The van der Waals surface area contributed by atoms with Gasteiger partial charge in [-0.2, -0.15) is 0 Å². The summed E-state index contributed by atoms with van der Waals surface area (Å²) in [5.41, 5.74) is 2.31. The van der Waals surface area contributed by atoms with Gasteiger partial charge in [-0.1, -0.05) is 49.6 Å². The third kappa shape index (κ3) is 6.45. The van der Waals surface area contributed by atoms with Crippen molar-refractivity contribution in [2.45, 2.75) is 71.1 Å². The van der Waals surface area contributed by atoms with E-state index in [1.165, 1.54) is 19.1 Å². The van der Waals surface area contributed by atoms with Crippen LogP contribution in [0, 0.1) is 0 Å². The van der Waals surface area contributed by atoms with Crippen LogP contribution in [0.4, 0.5) is 0 Å². The molecule has 0 radical (unpaired) electrons. The third-order valence-electron chi connectivity index (χ3n) is 6.30. The zero-order valence-corrected chi connectivity index (χ0v) is 19.7. The first kappa shape index (κ1) is 24.1. The van der Waals surface area contributed by atoms with Crippen LogP contribution in [0.1, 0.15) is 57.2 Å². The molecule has 1 saturated carbocycles. The second-order valence-electron chi connectivity index (χ2n) is 8.97. The first-order valence-corrected chi connectivity index (χ1v) is 11.8. The van der Waals surface area contributed by atoms with Crippen LogP contribution in [0.2, 0.25) is 0 Å². The molecule has 1 aliphatic rings. The molecule has 2 aromatic rings. The molecule has 0 atom stereocenters. The summed E-state index contributed by atoms with van der Waals surface area (Å²) in [5.74, 6) is -0.105. The minimum absolute atomic E-state index is 0.0116. The summed E-state index contributed by atoms with van der Waals surface area (Å²) in [4.78, 5) is 29.8. The van der Waals surface area contributed by atoms with Crippen molar-refractivity contribution in [3.63, 3.8) is 0 Å². The molecule has 6 nitrogen and oxygen atoms in total. The molecule has 0 aliphatic heterocycles. The fraction of sp³-hybridized carbons (Fsp3) is 0.538. The van der Waals surface area contributed by atoms with E-state index in [0.29, 0.717) is 6.54 Å². The topological polar surface area (TPSA) is 54.8 Å².